The van der Waals surface area contributed by atoms with Crippen molar-refractivity contribution >= 4 is 55.4 Å². The summed E-state index contributed by atoms with van der Waals surface area (Å²) in [5.74, 6) is -6.49. The molecule has 0 radical (unpaired) electrons. The lowest BCUT2D eigenvalue weighted by molar-refractivity contribution is -0.155. The third-order valence-corrected chi connectivity index (χ3v) is 12.9. The van der Waals surface area contributed by atoms with E-state index in [1.807, 2.05) is 20.8 Å². The number of carbonyl (C=O) groups excluding carboxylic acids is 8. The number of hydrogen-bond acceptors (Lipinski definition) is 13. The maximum absolute atomic E-state index is 14.3. The van der Waals surface area contributed by atoms with Gasteiger partial charge >= 0.3 is 25.9 Å². The second kappa shape index (κ2) is 30.4. The molecular weight excluding hydrogens is 956 g/mol. The number of hydrogen-bond donors (Lipinski definition) is 6. The van der Waals surface area contributed by atoms with Gasteiger partial charge in [-0.2, -0.15) is 0 Å². The minimum atomic E-state index is -4.61. The van der Waals surface area contributed by atoms with Crippen LogP contribution in [0.3, 0.4) is 0 Å². The number of amides is 6. The van der Waals surface area contributed by atoms with Crippen molar-refractivity contribution in [2.45, 2.75) is 157 Å². The van der Waals surface area contributed by atoms with E-state index in [1.165, 1.54) is 45.8 Å². The number of cyclic esters (lactones) is 2. The van der Waals surface area contributed by atoms with E-state index >= 15 is 0 Å². The van der Waals surface area contributed by atoms with E-state index in [-0.39, 0.29) is 43.9 Å². The standard InChI is InChI=1S/C50H79N6O15P/c1-13-31(5)42-45(59)53-36(10)49(63)71-43(32(6)14-2)34(8)39(70-50(64)51-25-19-16-20-26-68-72(65,66)67)24-23-33(7)48(62)69-40(27-30(3)4)44(58)52-35(9)46(60)56(12)38(28-37-21-17-15-18-22-37)47(61)55(11)29-41(57)54-42/h14-15,17-18,21-23,30-31,34-36,38-40,42-43H,13,16,19-20,24-29H2,1-12H3,(H,51,64)(H,52,58)(H,53,59)(H,54,57)(H2,65,66,67)/b32-14+,33-23+/t31?,34-,35-,36+,38+,39-,40+,42-,43+/m0/s1. The quantitative estimate of drug-likeness (QED) is 0.0471. The molecule has 0 fully saturated rings. The van der Waals surface area contributed by atoms with E-state index in [2.05, 4.69) is 25.8 Å². The Labute approximate surface area is 424 Å². The molecule has 1 heterocycles. The molecule has 6 N–H and O–H groups in total. The number of allylic oxidation sites excluding steroid dienone is 1. The first kappa shape index (κ1) is 62.5. The minimum Gasteiger partial charge on any atom is -0.456 e. The van der Waals surface area contributed by atoms with E-state index in [0.717, 1.165) is 4.90 Å². The molecule has 1 aromatic carbocycles. The van der Waals surface area contributed by atoms with Gasteiger partial charge < -0.3 is 55.1 Å². The second-order valence-electron chi connectivity index (χ2n) is 18.9. The molecule has 0 saturated heterocycles. The van der Waals surface area contributed by atoms with Crippen molar-refractivity contribution in [2.24, 2.45) is 17.8 Å². The predicted molar refractivity (Wildman–Crippen MR) is 267 cm³/mol. The first-order valence-electron chi connectivity index (χ1n) is 24.5. The van der Waals surface area contributed by atoms with Crippen LogP contribution in [0.5, 0.6) is 0 Å². The third-order valence-electron chi connectivity index (χ3n) is 12.4. The maximum atomic E-state index is 14.3. The van der Waals surface area contributed by atoms with Gasteiger partial charge in [-0.1, -0.05) is 83.5 Å². The topological polar surface area (TPSA) is 286 Å². The van der Waals surface area contributed by atoms with Gasteiger partial charge in [-0.3, -0.25) is 28.5 Å². The van der Waals surface area contributed by atoms with E-state index in [9.17, 15) is 42.9 Å². The molecule has 0 bridgehead atoms. The molecule has 1 aromatic rings. The van der Waals surface area contributed by atoms with Crippen LogP contribution in [0.25, 0.3) is 0 Å². The fourth-order valence-corrected chi connectivity index (χ4v) is 8.02. The molecule has 0 saturated carbocycles. The number of phosphoric acid groups is 1. The third kappa shape index (κ3) is 21.2. The molecule has 6 amide bonds. The van der Waals surface area contributed by atoms with Crippen LogP contribution in [0.4, 0.5) is 4.79 Å². The van der Waals surface area contributed by atoms with Crippen molar-refractivity contribution in [1.29, 1.82) is 0 Å². The van der Waals surface area contributed by atoms with Crippen LogP contribution in [-0.4, -0.2) is 143 Å². The monoisotopic (exact) mass is 1030 g/mol. The van der Waals surface area contributed by atoms with Gasteiger partial charge in [0.1, 0.15) is 36.4 Å². The van der Waals surface area contributed by atoms with Gasteiger partial charge in [-0.15, -0.1) is 0 Å². The number of phosphoric ester groups is 1. The zero-order chi connectivity index (χ0) is 54.5. The van der Waals surface area contributed by atoms with Gasteiger partial charge in [0, 0.05) is 45.0 Å². The first-order valence-corrected chi connectivity index (χ1v) is 26.0. The molecule has 1 unspecified atom stereocenters. The fraction of sp³-hybridized carbons (Fsp3) is 0.640. The average molecular weight is 1040 g/mol. The molecule has 22 heteroatoms. The summed E-state index contributed by atoms with van der Waals surface area (Å²) in [5, 5.41) is 10.7. The number of carbonyl (C=O) groups is 8. The molecule has 0 aromatic heterocycles. The van der Waals surface area contributed by atoms with Crippen LogP contribution in [0.15, 0.2) is 53.6 Å². The van der Waals surface area contributed by atoms with Crippen molar-refractivity contribution in [1.82, 2.24) is 31.1 Å². The number of esters is 2. The molecule has 0 spiro atoms. The average Bonchev–Trinajstić information content (AvgIpc) is 3.32. The van der Waals surface area contributed by atoms with E-state index in [1.54, 1.807) is 64.1 Å². The van der Waals surface area contributed by atoms with Crippen molar-refractivity contribution in [3.05, 3.63) is 59.2 Å². The van der Waals surface area contributed by atoms with Crippen molar-refractivity contribution in [3.8, 4) is 0 Å². The van der Waals surface area contributed by atoms with Gasteiger partial charge in [-0.05, 0) is 83.3 Å². The highest BCUT2D eigenvalue weighted by atomic mass is 31.2. The normalized spacial score (nSPS) is 25.8. The Morgan fingerprint density at radius 1 is 0.917 bits per heavy atom. The summed E-state index contributed by atoms with van der Waals surface area (Å²) in [7, 11) is -1.81. The Hall–Kier alpha value is -5.63. The fourth-order valence-electron chi connectivity index (χ4n) is 7.65. The van der Waals surface area contributed by atoms with Crippen LogP contribution >= 0.6 is 7.82 Å². The Bertz CT molecular complexity index is 2110. The Kier molecular flexibility index (Phi) is 26.4. The van der Waals surface area contributed by atoms with Crippen molar-refractivity contribution < 1.29 is 71.4 Å². The van der Waals surface area contributed by atoms with Gasteiger partial charge in [0.25, 0.3) is 5.91 Å². The zero-order valence-corrected chi connectivity index (χ0v) is 44.8. The van der Waals surface area contributed by atoms with E-state index in [4.69, 9.17) is 24.0 Å². The van der Waals surface area contributed by atoms with Crippen LogP contribution in [0, 0.1) is 17.8 Å². The van der Waals surface area contributed by atoms with Crippen LogP contribution in [0.2, 0.25) is 0 Å². The summed E-state index contributed by atoms with van der Waals surface area (Å²) in [6.45, 7) is 16.1. The largest absolute Gasteiger partial charge is 0.469 e. The number of nitrogens with one attached hydrogen (secondary N) is 4. The Balaban J connectivity index is 2.65. The van der Waals surface area contributed by atoms with Gasteiger partial charge in [0.15, 0.2) is 6.10 Å². The number of benzene rings is 1. The maximum Gasteiger partial charge on any atom is 0.469 e. The Morgan fingerprint density at radius 3 is 2.15 bits per heavy atom. The molecule has 21 nitrogen and oxygen atoms in total. The minimum absolute atomic E-state index is 0.0440. The van der Waals surface area contributed by atoms with E-state index in [0.29, 0.717) is 36.8 Å². The number of rotatable bonds is 15. The summed E-state index contributed by atoms with van der Waals surface area (Å²) in [6.07, 6.45) is 0.491. The molecule has 9 atom stereocenters. The lowest BCUT2D eigenvalue weighted by Gasteiger charge is -2.33. The highest BCUT2D eigenvalue weighted by Gasteiger charge is 2.37. The van der Waals surface area contributed by atoms with Gasteiger partial charge in [-0.25, -0.2) is 18.9 Å². The van der Waals surface area contributed by atoms with Crippen LogP contribution in [0.1, 0.15) is 113 Å². The number of alkyl carbamates (subject to hydrolysis) is 1. The summed E-state index contributed by atoms with van der Waals surface area (Å²) >= 11 is 0. The van der Waals surface area contributed by atoms with Gasteiger partial charge in [0.05, 0.1) is 13.2 Å². The highest BCUT2D eigenvalue weighted by Crippen LogP contribution is 2.35. The molecule has 1 aliphatic rings. The summed E-state index contributed by atoms with van der Waals surface area (Å²) in [5.41, 5.74) is 1.31. The lowest BCUT2D eigenvalue weighted by Crippen LogP contribution is -2.57. The molecule has 1 aliphatic heterocycles. The van der Waals surface area contributed by atoms with Crippen molar-refractivity contribution in [2.75, 3.05) is 33.8 Å². The molecule has 0 aliphatic carbocycles. The second-order valence-corrected chi connectivity index (χ2v) is 20.1. The van der Waals surface area contributed by atoms with Crippen LogP contribution in [-0.2, 0) is 63.3 Å². The first-order chi connectivity index (χ1) is 33.7. The molecular formula is C50H79N6O15P. The molecule has 72 heavy (non-hydrogen) atoms. The molecule has 404 valence electrons. The van der Waals surface area contributed by atoms with Crippen LogP contribution < -0.4 is 21.3 Å². The number of ether oxygens (including phenoxy) is 3. The number of unbranched alkanes of at least 4 members (excludes halogenated alkanes) is 2. The van der Waals surface area contributed by atoms with Crippen molar-refractivity contribution in [3.63, 3.8) is 0 Å². The lowest BCUT2D eigenvalue weighted by atomic mass is 9.90. The van der Waals surface area contributed by atoms with Gasteiger partial charge in [0.2, 0.25) is 23.6 Å². The number of likely N-dealkylation sites (N-methyl/N-ethyl adjacent to an activating group) is 2. The van der Waals surface area contributed by atoms with E-state index < -0.39 is 116 Å². The zero-order valence-electron chi connectivity index (χ0n) is 43.9. The molecule has 2 rings (SSSR count). The SMILES string of the molecule is C/C=C(\C)[C@H]1OC(=O)[C@@H](C)NC(=O)[C@H](C(C)CC)NC(=O)CN(C)C(=O)[C@@H](Cc2ccccc2)N(C)C(=O)[C@H](C)NC(=O)[C@@H](CC(C)C)OC(=O)/C(C)=C/C[C@H](OC(=O)NCCCCCOP(=O)(O)O)[C@@H]1C. The number of nitrogens with zero attached hydrogens (tertiary/aromatic N) is 2. The summed E-state index contributed by atoms with van der Waals surface area (Å²) in [4.78, 5) is 131. The summed E-state index contributed by atoms with van der Waals surface area (Å²) in [6, 6.07) is 4.16. The summed E-state index contributed by atoms with van der Waals surface area (Å²) < 4.78 is 33.2. The highest BCUT2D eigenvalue weighted by molar-refractivity contribution is 7.46. The smallest absolute Gasteiger partial charge is 0.456 e. The Morgan fingerprint density at radius 2 is 1.56 bits per heavy atom. The predicted octanol–water partition coefficient (Wildman–Crippen LogP) is 4.25.